The third-order valence-electron chi connectivity index (χ3n) is 5.04. The standard InChI is InChI=1S/C16H23N3O/c1-20-16-9-12-4-5-17-14(12)10-15(16)19-8-7-18-6-2-3-13(18)11-19/h9-10,13,17H,2-8,11H2,1H3. The normalized spacial score (nSPS) is 25.2. The fraction of sp³-hybridized carbons (Fsp3) is 0.625. The van der Waals surface area contributed by atoms with Crippen molar-refractivity contribution in [2.75, 3.05) is 50.1 Å². The average molecular weight is 273 g/mol. The van der Waals surface area contributed by atoms with Crippen molar-refractivity contribution in [1.82, 2.24) is 4.90 Å². The fourth-order valence-electron chi connectivity index (χ4n) is 3.93. The highest BCUT2D eigenvalue weighted by Crippen LogP contribution is 2.38. The molecule has 1 aromatic carbocycles. The summed E-state index contributed by atoms with van der Waals surface area (Å²) < 4.78 is 5.65. The molecule has 4 rings (SSSR count). The Bertz CT molecular complexity index is 517. The second kappa shape index (κ2) is 4.85. The van der Waals surface area contributed by atoms with Gasteiger partial charge in [-0.2, -0.15) is 0 Å². The van der Waals surface area contributed by atoms with E-state index in [2.05, 4.69) is 27.2 Å². The first-order chi connectivity index (χ1) is 9.85. The Morgan fingerprint density at radius 2 is 2.20 bits per heavy atom. The second-order valence-corrected chi connectivity index (χ2v) is 6.14. The number of nitrogens with one attached hydrogen (secondary N) is 1. The fourth-order valence-corrected chi connectivity index (χ4v) is 3.93. The highest BCUT2D eigenvalue weighted by molar-refractivity contribution is 5.71. The monoisotopic (exact) mass is 273 g/mol. The lowest BCUT2D eigenvalue weighted by Crippen LogP contribution is -2.50. The van der Waals surface area contributed by atoms with Gasteiger partial charge in [-0.3, -0.25) is 4.90 Å². The van der Waals surface area contributed by atoms with Crippen molar-refractivity contribution >= 4 is 11.4 Å². The van der Waals surface area contributed by atoms with Gasteiger partial charge in [0.15, 0.2) is 0 Å². The van der Waals surface area contributed by atoms with Gasteiger partial charge in [-0.15, -0.1) is 0 Å². The van der Waals surface area contributed by atoms with E-state index in [0.29, 0.717) is 0 Å². The first-order valence-corrected chi connectivity index (χ1v) is 7.79. The van der Waals surface area contributed by atoms with Crippen LogP contribution >= 0.6 is 0 Å². The van der Waals surface area contributed by atoms with Crippen molar-refractivity contribution in [3.63, 3.8) is 0 Å². The number of nitrogens with zero attached hydrogens (tertiary/aromatic N) is 2. The zero-order valence-electron chi connectivity index (χ0n) is 12.2. The lowest BCUT2D eigenvalue weighted by atomic mass is 10.1. The van der Waals surface area contributed by atoms with Crippen LogP contribution < -0.4 is 15.0 Å². The van der Waals surface area contributed by atoms with E-state index in [0.717, 1.165) is 37.8 Å². The zero-order valence-corrected chi connectivity index (χ0v) is 12.2. The second-order valence-electron chi connectivity index (χ2n) is 6.14. The van der Waals surface area contributed by atoms with Crippen LogP contribution in [0.3, 0.4) is 0 Å². The molecule has 20 heavy (non-hydrogen) atoms. The highest BCUT2D eigenvalue weighted by atomic mass is 16.5. The molecule has 3 aliphatic rings. The largest absolute Gasteiger partial charge is 0.495 e. The maximum atomic E-state index is 5.65. The summed E-state index contributed by atoms with van der Waals surface area (Å²) in [6.45, 7) is 5.80. The minimum atomic E-state index is 0.745. The van der Waals surface area contributed by atoms with Crippen LogP contribution in [0.4, 0.5) is 11.4 Å². The lowest BCUT2D eigenvalue weighted by molar-refractivity contribution is 0.230. The zero-order chi connectivity index (χ0) is 13.5. The predicted octanol–water partition coefficient (Wildman–Crippen LogP) is 1.95. The first kappa shape index (κ1) is 12.3. The van der Waals surface area contributed by atoms with E-state index in [9.17, 15) is 0 Å². The van der Waals surface area contributed by atoms with Gasteiger partial charge in [0.05, 0.1) is 12.8 Å². The molecule has 1 aromatic rings. The Balaban J connectivity index is 1.64. The van der Waals surface area contributed by atoms with Crippen LogP contribution in [-0.2, 0) is 6.42 Å². The Morgan fingerprint density at radius 3 is 3.10 bits per heavy atom. The SMILES string of the molecule is COc1cc2c(cc1N1CCN3CCCC3C1)NCC2. The van der Waals surface area contributed by atoms with E-state index in [1.54, 1.807) is 7.11 Å². The van der Waals surface area contributed by atoms with Gasteiger partial charge < -0.3 is 15.0 Å². The number of hydrogen-bond acceptors (Lipinski definition) is 4. The third-order valence-corrected chi connectivity index (χ3v) is 5.04. The molecule has 0 aromatic heterocycles. The molecule has 2 fully saturated rings. The van der Waals surface area contributed by atoms with Crippen LogP contribution in [0.15, 0.2) is 12.1 Å². The summed E-state index contributed by atoms with van der Waals surface area (Å²) in [4.78, 5) is 5.17. The summed E-state index contributed by atoms with van der Waals surface area (Å²) in [5.41, 5.74) is 3.96. The number of fused-ring (bicyclic) bond motifs is 2. The molecule has 2 saturated heterocycles. The summed E-state index contributed by atoms with van der Waals surface area (Å²) >= 11 is 0. The van der Waals surface area contributed by atoms with Gasteiger partial charge >= 0.3 is 0 Å². The molecule has 0 aliphatic carbocycles. The van der Waals surface area contributed by atoms with Crippen LogP contribution in [0.1, 0.15) is 18.4 Å². The number of methoxy groups -OCH3 is 1. The molecule has 3 aliphatic heterocycles. The smallest absolute Gasteiger partial charge is 0.142 e. The lowest BCUT2D eigenvalue weighted by Gasteiger charge is -2.39. The highest BCUT2D eigenvalue weighted by Gasteiger charge is 2.32. The van der Waals surface area contributed by atoms with Crippen molar-refractivity contribution in [1.29, 1.82) is 0 Å². The third kappa shape index (κ3) is 1.94. The van der Waals surface area contributed by atoms with E-state index in [-0.39, 0.29) is 0 Å². The molecule has 4 heteroatoms. The van der Waals surface area contributed by atoms with Gasteiger partial charge in [0.1, 0.15) is 5.75 Å². The molecule has 1 N–H and O–H groups in total. The first-order valence-electron chi connectivity index (χ1n) is 7.79. The van der Waals surface area contributed by atoms with E-state index >= 15 is 0 Å². The summed E-state index contributed by atoms with van der Waals surface area (Å²) in [6.07, 6.45) is 3.83. The van der Waals surface area contributed by atoms with E-state index in [4.69, 9.17) is 4.74 Å². The number of benzene rings is 1. The van der Waals surface area contributed by atoms with E-state index in [1.165, 1.54) is 42.9 Å². The molecular weight excluding hydrogens is 250 g/mol. The summed E-state index contributed by atoms with van der Waals surface area (Å²) in [5.74, 6) is 1.04. The average Bonchev–Trinajstić information content (AvgIpc) is 3.13. The minimum absolute atomic E-state index is 0.745. The molecule has 0 amide bonds. The predicted molar refractivity (Wildman–Crippen MR) is 82.0 cm³/mol. The van der Waals surface area contributed by atoms with Crippen molar-refractivity contribution in [2.45, 2.75) is 25.3 Å². The molecule has 0 saturated carbocycles. The molecule has 1 unspecified atom stereocenters. The van der Waals surface area contributed by atoms with Gasteiger partial charge in [-0.25, -0.2) is 0 Å². The maximum Gasteiger partial charge on any atom is 0.142 e. The number of hydrogen-bond donors (Lipinski definition) is 1. The number of rotatable bonds is 2. The molecule has 4 nitrogen and oxygen atoms in total. The Labute approximate surface area is 120 Å². The molecule has 0 radical (unpaired) electrons. The molecule has 0 bridgehead atoms. The Hall–Kier alpha value is -1.42. The molecule has 1 atom stereocenters. The van der Waals surface area contributed by atoms with Gasteiger partial charge in [0.2, 0.25) is 0 Å². The van der Waals surface area contributed by atoms with Crippen LogP contribution in [0.2, 0.25) is 0 Å². The van der Waals surface area contributed by atoms with Crippen molar-refractivity contribution in [3.05, 3.63) is 17.7 Å². The van der Waals surface area contributed by atoms with Crippen molar-refractivity contribution in [3.8, 4) is 5.75 Å². The van der Waals surface area contributed by atoms with Crippen molar-refractivity contribution < 1.29 is 4.74 Å². The van der Waals surface area contributed by atoms with Gasteiger partial charge in [-0.1, -0.05) is 0 Å². The quantitative estimate of drug-likeness (QED) is 0.891. The summed E-state index contributed by atoms with van der Waals surface area (Å²) in [6, 6.07) is 5.27. The summed E-state index contributed by atoms with van der Waals surface area (Å²) in [7, 11) is 1.79. The molecular formula is C16H23N3O. The minimum Gasteiger partial charge on any atom is -0.495 e. The van der Waals surface area contributed by atoms with Crippen LogP contribution in [0, 0.1) is 0 Å². The topological polar surface area (TPSA) is 27.7 Å². The van der Waals surface area contributed by atoms with Gasteiger partial charge in [-0.05, 0) is 43.5 Å². The van der Waals surface area contributed by atoms with Crippen LogP contribution in [0.25, 0.3) is 0 Å². The number of ether oxygens (including phenoxy) is 1. The molecule has 3 heterocycles. The van der Waals surface area contributed by atoms with Crippen LogP contribution in [-0.4, -0.2) is 50.8 Å². The Kier molecular flexibility index (Phi) is 2.99. The maximum absolute atomic E-state index is 5.65. The number of piperazine rings is 1. The van der Waals surface area contributed by atoms with Crippen LogP contribution in [0.5, 0.6) is 5.75 Å². The Morgan fingerprint density at radius 1 is 1.25 bits per heavy atom. The summed E-state index contributed by atoms with van der Waals surface area (Å²) in [5, 5.41) is 3.48. The number of anilines is 2. The van der Waals surface area contributed by atoms with E-state index in [1.807, 2.05) is 0 Å². The van der Waals surface area contributed by atoms with E-state index < -0.39 is 0 Å². The molecule has 108 valence electrons. The van der Waals surface area contributed by atoms with Crippen molar-refractivity contribution in [2.24, 2.45) is 0 Å². The van der Waals surface area contributed by atoms with Gasteiger partial charge in [0.25, 0.3) is 0 Å². The molecule has 0 spiro atoms. The van der Waals surface area contributed by atoms with Gasteiger partial charge in [0, 0.05) is 37.9 Å².